The largest absolute Gasteiger partial charge is 0.344 e. The lowest BCUT2D eigenvalue weighted by Crippen LogP contribution is -2.37. The van der Waals surface area contributed by atoms with Crippen LogP contribution in [0.1, 0.15) is 33.7 Å². The maximum Gasteiger partial charge on any atom is 0.301 e. The normalized spacial score (nSPS) is 26.1. The van der Waals surface area contributed by atoms with Crippen LogP contribution < -0.4 is 0 Å². The molecule has 3 heterocycles. The fourth-order valence-electron chi connectivity index (χ4n) is 3.17. The molecule has 2 aromatic rings. The highest BCUT2D eigenvalue weighted by molar-refractivity contribution is 7.74. The third kappa shape index (κ3) is 3.90. The second kappa shape index (κ2) is 7.45. The molecule has 1 fully saturated rings. The van der Waals surface area contributed by atoms with Crippen molar-refractivity contribution < 1.29 is 22.4 Å². The Hall–Kier alpha value is -1.17. The van der Waals surface area contributed by atoms with E-state index in [0.717, 1.165) is 0 Å². The zero-order valence-electron chi connectivity index (χ0n) is 14.8. The number of ether oxygens (including phenoxy) is 2. The van der Waals surface area contributed by atoms with E-state index in [1.165, 1.54) is 6.33 Å². The third-order valence-electron chi connectivity index (χ3n) is 4.38. The summed E-state index contributed by atoms with van der Waals surface area (Å²) in [6.07, 6.45) is 2.34. The zero-order chi connectivity index (χ0) is 19.1. The van der Waals surface area contributed by atoms with Crippen LogP contribution in [0.2, 0.25) is 5.15 Å². The van der Waals surface area contributed by atoms with Gasteiger partial charge in [0.05, 0.1) is 25.1 Å². The van der Waals surface area contributed by atoms with Crippen molar-refractivity contribution in [2.75, 3.05) is 6.61 Å². The van der Waals surface area contributed by atoms with E-state index in [-0.39, 0.29) is 35.9 Å². The second-order valence-electron chi connectivity index (χ2n) is 6.77. The Morgan fingerprint density at radius 3 is 2.73 bits per heavy atom. The Morgan fingerprint density at radius 2 is 2.04 bits per heavy atom. The Kier molecular flexibility index (Phi) is 5.61. The van der Waals surface area contributed by atoms with Gasteiger partial charge in [-0.25, -0.2) is 15.0 Å². The van der Waals surface area contributed by atoms with Gasteiger partial charge in [0.1, 0.15) is 17.9 Å². The Labute approximate surface area is 158 Å². The van der Waals surface area contributed by atoms with Crippen molar-refractivity contribution in [2.24, 2.45) is 5.92 Å². The molecular formula is C15H21ClN4O5S. The maximum absolute atomic E-state index is 10.8. The minimum Gasteiger partial charge on any atom is -0.344 e. The molecule has 0 spiro atoms. The number of aromatic nitrogens is 4. The fourth-order valence-corrected chi connectivity index (χ4v) is 3.68. The summed E-state index contributed by atoms with van der Waals surface area (Å²) in [6.45, 7) is 7.57. The van der Waals surface area contributed by atoms with Gasteiger partial charge in [-0.1, -0.05) is 18.5 Å². The second-order valence-corrected chi connectivity index (χ2v) is 7.80. The van der Waals surface area contributed by atoms with Gasteiger partial charge in [0, 0.05) is 5.92 Å². The van der Waals surface area contributed by atoms with E-state index in [9.17, 15) is 4.21 Å². The predicted molar refractivity (Wildman–Crippen MR) is 94.8 cm³/mol. The van der Waals surface area contributed by atoms with Crippen molar-refractivity contribution in [1.29, 1.82) is 0 Å². The average Bonchev–Trinajstić information content (AvgIpc) is 3.13. The highest BCUT2D eigenvalue weighted by Gasteiger charge is 2.47. The molecule has 11 heteroatoms. The number of rotatable bonds is 6. The van der Waals surface area contributed by atoms with E-state index in [1.54, 1.807) is 6.33 Å². The fraction of sp³-hybridized carbons (Fsp3) is 0.667. The van der Waals surface area contributed by atoms with E-state index in [4.69, 9.17) is 29.8 Å². The van der Waals surface area contributed by atoms with Crippen LogP contribution in [0.4, 0.5) is 0 Å². The molecule has 0 bridgehead atoms. The lowest BCUT2D eigenvalue weighted by Gasteiger charge is -2.27. The van der Waals surface area contributed by atoms with Crippen molar-refractivity contribution >= 4 is 34.1 Å². The van der Waals surface area contributed by atoms with Crippen LogP contribution in [0, 0.1) is 5.92 Å². The third-order valence-corrected chi connectivity index (χ3v) is 5.00. The van der Waals surface area contributed by atoms with Crippen molar-refractivity contribution in [1.82, 2.24) is 19.5 Å². The zero-order valence-corrected chi connectivity index (χ0v) is 16.4. The van der Waals surface area contributed by atoms with E-state index >= 15 is 0 Å². The first-order valence-corrected chi connectivity index (χ1v) is 9.53. The van der Waals surface area contributed by atoms with Crippen molar-refractivity contribution in [3.63, 3.8) is 0 Å². The van der Waals surface area contributed by atoms with E-state index in [1.807, 2.05) is 32.3 Å². The first-order chi connectivity index (χ1) is 12.2. The lowest BCUT2D eigenvalue weighted by atomic mass is 9.96. The Balaban J connectivity index is 1.88. The molecule has 0 aliphatic carbocycles. The number of nitrogens with zero attached hydrogens (tertiary/aromatic N) is 4. The summed E-state index contributed by atoms with van der Waals surface area (Å²) in [5.74, 6) is -0.965. The molecule has 1 aliphatic rings. The minimum absolute atomic E-state index is 0.0646. The van der Waals surface area contributed by atoms with Gasteiger partial charge in [0.2, 0.25) is 0 Å². The van der Waals surface area contributed by atoms with Gasteiger partial charge in [-0.15, -0.1) is 0 Å². The van der Waals surface area contributed by atoms with E-state index in [2.05, 4.69) is 15.0 Å². The summed E-state index contributed by atoms with van der Waals surface area (Å²) in [5.41, 5.74) is 1.12. The van der Waals surface area contributed by atoms with Crippen LogP contribution in [0.5, 0.6) is 0 Å². The van der Waals surface area contributed by atoms with Crippen LogP contribution >= 0.6 is 11.6 Å². The minimum atomic E-state index is -2.32. The summed E-state index contributed by atoms with van der Waals surface area (Å²) in [7, 11) is 0. The van der Waals surface area contributed by atoms with Gasteiger partial charge in [-0.2, -0.15) is 4.21 Å². The standard InChI is InChI=1S/C15H21ClN4O5S/c1-8(5-23-26(21)22)11-12(25-15(3,4)24-11)9(2)20-7-19-10-13(16)17-6-18-14(10)20/h6-9,11-12H,5H2,1-4H3,(H,21,22). The smallest absolute Gasteiger partial charge is 0.301 e. The molecule has 5 unspecified atom stereocenters. The van der Waals surface area contributed by atoms with Gasteiger partial charge in [0.25, 0.3) is 0 Å². The van der Waals surface area contributed by atoms with Crippen molar-refractivity contribution in [2.45, 2.75) is 51.7 Å². The number of fused-ring (bicyclic) bond motifs is 1. The highest BCUT2D eigenvalue weighted by atomic mass is 35.5. The molecule has 0 amide bonds. The van der Waals surface area contributed by atoms with Crippen LogP contribution in [-0.4, -0.2) is 52.9 Å². The van der Waals surface area contributed by atoms with Crippen molar-refractivity contribution in [3.8, 4) is 0 Å². The van der Waals surface area contributed by atoms with E-state index < -0.39 is 17.1 Å². The molecule has 26 heavy (non-hydrogen) atoms. The SMILES string of the molecule is CC(COS(=O)O)C1OC(C)(C)OC1C(C)n1cnc2c(Cl)ncnc21. The Bertz CT molecular complexity index is 816. The number of halogens is 1. The number of imidazole rings is 1. The van der Waals surface area contributed by atoms with Gasteiger partial charge < -0.3 is 14.0 Å². The summed E-state index contributed by atoms with van der Waals surface area (Å²) < 4.78 is 38.5. The molecule has 5 atom stereocenters. The molecule has 9 nitrogen and oxygen atoms in total. The number of hydrogen-bond donors (Lipinski definition) is 1. The van der Waals surface area contributed by atoms with Gasteiger partial charge in [-0.05, 0) is 20.8 Å². The summed E-state index contributed by atoms with van der Waals surface area (Å²) in [4.78, 5) is 12.5. The molecule has 0 aromatic carbocycles. The molecule has 1 aliphatic heterocycles. The van der Waals surface area contributed by atoms with Crippen molar-refractivity contribution in [3.05, 3.63) is 17.8 Å². The van der Waals surface area contributed by atoms with E-state index in [0.29, 0.717) is 11.2 Å². The summed E-state index contributed by atoms with van der Waals surface area (Å²) >= 11 is 3.76. The van der Waals surface area contributed by atoms with Gasteiger partial charge in [-0.3, -0.25) is 8.74 Å². The molecule has 3 rings (SSSR count). The van der Waals surface area contributed by atoms with Gasteiger partial charge in [0.15, 0.2) is 16.6 Å². The molecule has 0 saturated carbocycles. The topological polar surface area (TPSA) is 109 Å². The molecule has 0 radical (unpaired) electrons. The highest BCUT2D eigenvalue weighted by Crippen LogP contribution is 2.38. The molecule has 1 N–H and O–H groups in total. The van der Waals surface area contributed by atoms with Crippen LogP contribution in [0.25, 0.3) is 11.2 Å². The van der Waals surface area contributed by atoms with Crippen LogP contribution in [0.3, 0.4) is 0 Å². The van der Waals surface area contributed by atoms with Crippen LogP contribution in [0.15, 0.2) is 12.7 Å². The molecule has 2 aromatic heterocycles. The Morgan fingerprint density at radius 1 is 1.35 bits per heavy atom. The quantitative estimate of drug-likeness (QED) is 0.577. The summed E-state index contributed by atoms with van der Waals surface area (Å²) in [6, 6.07) is -0.181. The first kappa shape index (κ1) is 19.6. The molecule has 144 valence electrons. The molecule has 1 saturated heterocycles. The number of hydrogen-bond acceptors (Lipinski definition) is 7. The monoisotopic (exact) mass is 404 g/mol. The predicted octanol–water partition coefficient (Wildman–Crippen LogP) is 2.35. The maximum atomic E-state index is 10.8. The van der Waals surface area contributed by atoms with Gasteiger partial charge >= 0.3 is 11.4 Å². The molecular weight excluding hydrogens is 384 g/mol. The van der Waals surface area contributed by atoms with Crippen LogP contribution in [-0.2, 0) is 25.0 Å². The summed E-state index contributed by atoms with van der Waals surface area (Å²) in [5, 5.41) is 0.286. The lowest BCUT2D eigenvalue weighted by molar-refractivity contribution is -0.153. The first-order valence-electron chi connectivity index (χ1n) is 8.12. The average molecular weight is 405 g/mol.